The van der Waals surface area contributed by atoms with Crippen LogP contribution in [0.2, 0.25) is 0 Å². The van der Waals surface area contributed by atoms with Crippen molar-refractivity contribution in [1.29, 1.82) is 0 Å². The number of ether oxygens (including phenoxy) is 1. The number of esters is 1. The van der Waals surface area contributed by atoms with Crippen LogP contribution in [-0.4, -0.2) is 46.9 Å². The minimum absolute atomic E-state index is 0.0732. The third kappa shape index (κ3) is 50.5. The number of carbonyl (C=O) groups is 2. The Kier molecular flexibility index (Phi) is 53.9. The molecular weight excluding hydrogens is 827 g/mol. The Hall–Kier alpha value is -1.66. The van der Waals surface area contributed by atoms with E-state index in [-0.39, 0.29) is 24.9 Å². The van der Waals surface area contributed by atoms with Gasteiger partial charge in [-0.05, 0) is 77.0 Å². The fourth-order valence-corrected chi connectivity index (χ4v) is 9.42. The zero-order chi connectivity index (χ0) is 48.8. The number of allylic oxidation sites excluding steroid dienone is 4. The number of hydrogen-bond donors (Lipinski definition) is 3. The Labute approximate surface area is 418 Å². The highest BCUT2D eigenvalue weighted by atomic mass is 16.5. The fraction of sp³-hybridized carbons (Fsp3) is 0.902. The number of nitrogens with one attached hydrogen (secondary N) is 1. The lowest BCUT2D eigenvalue weighted by molar-refractivity contribution is -0.151. The second-order valence-electron chi connectivity index (χ2n) is 20.7. The predicted octanol–water partition coefficient (Wildman–Crippen LogP) is 18.6. The maximum Gasteiger partial charge on any atom is 0.306 e. The fourth-order valence-electron chi connectivity index (χ4n) is 9.42. The highest BCUT2D eigenvalue weighted by Crippen LogP contribution is 2.19. The van der Waals surface area contributed by atoms with Crippen molar-refractivity contribution in [1.82, 2.24) is 5.32 Å². The summed E-state index contributed by atoms with van der Waals surface area (Å²) in [5, 5.41) is 23.9. The molecule has 6 nitrogen and oxygen atoms in total. The van der Waals surface area contributed by atoms with Crippen molar-refractivity contribution in [3.8, 4) is 0 Å². The van der Waals surface area contributed by atoms with Crippen molar-refractivity contribution in [3.05, 3.63) is 24.3 Å². The molecule has 0 saturated heterocycles. The molecule has 0 spiro atoms. The molecule has 6 heteroatoms. The lowest BCUT2D eigenvalue weighted by Gasteiger charge is -2.24. The minimum Gasteiger partial charge on any atom is -0.462 e. The Balaban J connectivity index is 4.48. The van der Waals surface area contributed by atoms with Gasteiger partial charge in [0.25, 0.3) is 0 Å². The topological polar surface area (TPSA) is 95.9 Å². The van der Waals surface area contributed by atoms with Gasteiger partial charge in [0.1, 0.15) is 6.10 Å². The molecule has 0 heterocycles. The molecule has 0 aliphatic heterocycles. The molecule has 3 unspecified atom stereocenters. The van der Waals surface area contributed by atoms with Crippen LogP contribution in [0.1, 0.15) is 329 Å². The zero-order valence-corrected chi connectivity index (χ0v) is 45.3. The van der Waals surface area contributed by atoms with E-state index in [1.807, 2.05) is 0 Å². The highest BCUT2D eigenvalue weighted by Gasteiger charge is 2.24. The van der Waals surface area contributed by atoms with Gasteiger partial charge in [-0.1, -0.05) is 263 Å². The number of unbranched alkanes of at least 4 members (excludes halogenated alkanes) is 39. The van der Waals surface area contributed by atoms with Crippen LogP contribution in [0.4, 0.5) is 0 Å². The largest absolute Gasteiger partial charge is 0.462 e. The van der Waals surface area contributed by atoms with Gasteiger partial charge in [0.2, 0.25) is 5.91 Å². The summed E-state index contributed by atoms with van der Waals surface area (Å²) in [4.78, 5) is 26.3. The predicted molar refractivity (Wildman–Crippen MR) is 292 cm³/mol. The Morgan fingerprint density at radius 2 is 0.716 bits per heavy atom. The summed E-state index contributed by atoms with van der Waals surface area (Å²) in [6.45, 7) is 6.51. The van der Waals surface area contributed by atoms with Gasteiger partial charge in [-0.2, -0.15) is 0 Å². The third-order valence-electron chi connectivity index (χ3n) is 14.0. The first-order valence-corrected chi connectivity index (χ1v) is 30.1. The van der Waals surface area contributed by atoms with E-state index in [4.69, 9.17) is 4.74 Å². The van der Waals surface area contributed by atoms with Crippen molar-refractivity contribution in [3.63, 3.8) is 0 Å². The first kappa shape index (κ1) is 65.3. The summed E-state index contributed by atoms with van der Waals surface area (Å²) in [7, 11) is 0. The molecule has 0 aromatic rings. The van der Waals surface area contributed by atoms with Crippen LogP contribution >= 0.6 is 0 Å². The number of hydrogen-bond acceptors (Lipinski definition) is 5. The molecule has 0 aromatic carbocycles. The molecule has 3 atom stereocenters. The van der Waals surface area contributed by atoms with E-state index in [1.165, 1.54) is 218 Å². The average molecular weight is 945 g/mol. The van der Waals surface area contributed by atoms with Gasteiger partial charge in [-0.25, -0.2) is 0 Å². The second-order valence-corrected chi connectivity index (χ2v) is 20.7. The summed E-state index contributed by atoms with van der Waals surface area (Å²) in [5.41, 5.74) is 0. The maximum absolute atomic E-state index is 13.3. The van der Waals surface area contributed by atoms with Crippen molar-refractivity contribution < 1.29 is 24.5 Å². The van der Waals surface area contributed by atoms with Gasteiger partial charge in [-0.3, -0.25) is 9.59 Å². The van der Waals surface area contributed by atoms with Gasteiger partial charge in [0.15, 0.2) is 0 Å². The van der Waals surface area contributed by atoms with Gasteiger partial charge >= 0.3 is 5.97 Å². The average Bonchev–Trinajstić information content (AvgIpc) is 3.32. The summed E-state index contributed by atoms with van der Waals surface area (Å²) in [6.07, 6.45) is 65.3. The van der Waals surface area contributed by atoms with E-state index < -0.39 is 18.2 Å². The maximum atomic E-state index is 13.3. The number of carbonyl (C=O) groups excluding carboxylic acids is 2. The zero-order valence-electron chi connectivity index (χ0n) is 45.3. The molecular formula is C61H117NO5. The first-order chi connectivity index (χ1) is 33.0. The number of aliphatic hydroxyl groups excluding tert-OH is 2. The molecule has 0 radical (unpaired) electrons. The monoisotopic (exact) mass is 944 g/mol. The molecule has 396 valence electrons. The lowest BCUT2D eigenvalue weighted by atomic mass is 10.0. The third-order valence-corrected chi connectivity index (χ3v) is 14.0. The highest BCUT2D eigenvalue weighted by molar-refractivity contribution is 5.77. The van der Waals surface area contributed by atoms with Gasteiger partial charge < -0.3 is 20.3 Å². The molecule has 1 amide bonds. The van der Waals surface area contributed by atoms with E-state index >= 15 is 0 Å². The van der Waals surface area contributed by atoms with Gasteiger partial charge in [0.05, 0.1) is 25.2 Å². The number of rotatable bonds is 55. The molecule has 3 N–H and O–H groups in total. The summed E-state index contributed by atoms with van der Waals surface area (Å²) < 4.78 is 5.96. The molecule has 0 bridgehead atoms. The minimum atomic E-state index is -0.789. The van der Waals surface area contributed by atoms with Gasteiger partial charge in [-0.15, -0.1) is 0 Å². The van der Waals surface area contributed by atoms with Crippen molar-refractivity contribution >= 4 is 11.9 Å². The van der Waals surface area contributed by atoms with Crippen molar-refractivity contribution in [2.24, 2.45) is 0 Å². The molecule has 0 fully saturated rings. The lowest BCUT2D eigenvalue weighted by Crippen LogP contribution is -2.46. The Bertz CT molecular complexity index is 1060. The SMILES string of the molecule is CCCCCC/C=C\CCCCCCCC(CC(=O)NC(CO)C(O)CCCCCCCCCCCCCCCCCCC)OC(=O)CCCCCCC/C=C/CCCCCCCCCCC. The van der Waals surface area contributed by atoms with E-state index in [1.54, 1.807) is 0 Å². The first-order valence-electron chi connectivity index (χ1n) is 30.1. The van der Waals surface area contributed by atoms with Crippen molar-refractivity contribution in [2.45, 2.75) is 347 Å². The van der Waals surface area contributed by atoms with Crippen molar-refractivity contribution in [2.75, 3.05) is 6.61 Å². The van der Waals surface area contributed by atoms with Crippen LogP contribution in [-0.2, 0) is 14.3 Å². The van der Waals surface area contributed by atoms with Crippen LogP contribution in [0, 0.1) is 0 Å². The van der Waals surface area contributed by atoms with Crippen LogP contribution in [0.5, 0.6) is 0 Å². The van der Waals surface area contributed by atoms with E-state index in [2.05, 4.69) is 50.4 Å². The summed E-state index contributed by atoms with van der Waals surface area (Å²) in [6, 6.07) is -0.703. The van der Waals surface area contributed by atoms with E-state index in [0.29, 0.717) is 19.3 Å². The molecule has 0 aliphatic rings. The van der Waals surface area contributed by atoms with Crippen LogP contribution in [0.15, 0.2) is 24.3 Å². The normalized spacial score (nSPS) is 13.2. The number of aliphatic hydroxyl groups is 2. The van der Waals surface area contributed by atoms with Crippen LogP contribution in [0.25, 0.3) is 0 Å². The van der Waals surface area contributed by atoms with Crippen LogP contribution in [0.3, 0.4) is 0 Å². The Morgan fingerprint density at radius 3 is 1.07 bits per heavy atom. The number of amides is 1. The molecule has 0 aliphatic carbocycles. The molecule has 0 aromatic heterocycles. The smallest absolute Gasteiger partial charge is 0.306 e. The second kappa shape index (κ2) is 55.3. The quantitative estimate of drug-likeness (QED) is 0.0321. The summed E-state index contributed by atoms with van der Waals surface area (Å²) >= 11 is 0. The van der Waals surface area contributed by atoms with Gasteiger partial charge in [0, 0.05) is 6.42 Å². The molecule has 0 saturated carbocycles. The molecule has 67 heavy (non-hydrogen) atoms. The Morgan fingerprint density at radius 1 is 0.418 bits per heavy atom. The van der Waals surface area contributed by atoms with E-state index in [0.717, 1.165) is 64.2 Å². The standard InChI is InChI=1S/C61H117NO5/c1-4-7-10-13-16-19-22-25-27-29-31-33-36-39-42-45-48-51-54-61(66)67-57(52-49-46-43-40-37-34-24-21-18-15-12-9-6-3)55-60(65)62-58(56-63)59(64)53-50-47-44-41-38-35-32-30-28-26-23-20-17-14-11-8-5-2/h21,24,31,33,57-59,63-64H,4-20,22-23,25-30,32,34-56H2,1-3H3,(H,62,65)/b24-21-,33-31+. The molecule has 0 rings (SSSR count). The summed E-state index contributed by atoms with van der Waals surface area (Å²) in [5.74, 6) is -0.474. The van der Waals surface area contributed by atoms with E-state index in [9.17, 15) is 19.8 Å². The van der Waals surface area contributed by atoms with Crippen LogP contribution < -0.4 is 5.32 Å².